The van der Waals surface area contributed by atoms with Crippen LogP contribution in [0.2, 0.25) is 0 Å². The van der Waals surface area contributed by atoms with Gasteiger partial charge < -0.3 is 10.6 Å². The maximum absolute atomic E-state index is 11.9. The highest BCUT2D eigenvalue weighted by molar-refractivity contribution is 7.12. The molecule has 1 amide bonds. The van der Waals surface area contributed by atoms with Crippen LogP contribution in [0, 0.1) is 6.92 Å². The molecule has 0 radical (unpaired) electrons. The van der Waals surface area contributed by atoms with Crippen LogP contribution >= 0.6 is 11.3 Å². The van der Waals surface area contributed by atoms with Crippen LogP contribution in [0.1, 0.15) is 35.6 Å². The van der Waals surface area contributed by atoms with E-state index in [9.17, 15) is 4.79 Å². The van der Waals surface area contributed by atoms with Gasteiger partial charge in [0.1, 0.15) is 0 Å². The van der Waals surface area contributed by atoms with Crippen LogP contribution in [0.4, 0.5) is 0 Å². The first-order valence-electron chi connectivity index (χ1n) is 5.77. The number of hydrogen-bond acceptors (Lipinski definition) is 3. The van der Waals surface area contributed by atoms with Crippen LogP contribution in [0.5, 0.6) is 0 Å². The lowest BCUT2D eigenvalue weighted by molar-refractivity contribution is -0.123. The van der Waals surface area contributed by atoms with Crippen molar-refractivity contribution in [3.8, 4) is 0 Å². The first-order valence-corrected chi connectivity index (χ1v) is 6.58. The van der Waals surface area contributed by atoms with Gasteiger partial charge in [-0.15, -0.1) is 11.3 Å². The predicted octanol–water partition coefficient (Wildman–Crippen LogP) is 1.99. The normalized spacial score (nSPS) is 22.0. The van der Waals surface area contributed by atoms with Gasteiger partial charge in [0.05, 0.1) is 12.1 Å². The molecule has 1 aromatic rings. The summed E-state index contributed by atoms with van der Waals surface area (Å²) in [4.78, 5) is 14.4. The molecule has 1 saturated heterocycles. The van der Waals surface area contributed by atoms with Gasteiger partial charge in [-0.3, -0.25) is 4.79 Å². The topological polar surface area (TPSA) is 41.1 Å². The van der Waals surface area contributed by atoms with Gasteiger partial charge in [0.2, 0.25) is 5.91 Å². The standard InChI is InChI=1S/C12H18N2OS/c1-8-5-6-11(16-8)9(2)14-12(15)10-4-3-7-13-10/h5-6,9-10,13H,3-4,7H2,1-2H3,(H,14,15)/t9?,10-/m1/s1. The third kappa shape index (κ3) is 2.62. The molecule has 3 nitrogen and oxygen atoms in total. The van der Waals surface area contributed by atoms with Crippen molar-refractivity contribution in [2.75, 3.05) is 6.54 Å². The van der Waals surface area contributed by atoms with Crippen molar-refractivity contribution in [2.45, 2.75) is 38.8 Å². The quantitative estimate of drug-likeness (QED) is 0.845. The van der Waals surface area contributed by atoms with Crippen molar-refractivity contribution in [3.05, 3.63) is 21.9 Å². The number of carbonyl (C=O) groups is 1. The average Bonchev–Trinajstić information content (AvgIpc) is 2.87. The lowest BCUT2D eigenvalue weighted by Crippen LogP contribution is -2.41. The van der Waals surface area contributed by atoms with Crippen molar-refractivity contribution < 1.29 is 4.79 Å². The lowest BCUT2D eigenvalue weighted by atomic mass is 10.2. The second-order valence-corrected chi connectivity index (χ2v) is 5.65. The van der Waals surface area contributed by atoms with Crippen LogP contribution in [0.15, 0.2) is 12.1 Å². The summed E-state index contributed by atoms with van der Waals surface area (Å²) in [5.74, 6) is 0.135. The van der Waals surface area contributed by atoms with Crippen LogP contribution in [-0.2, 0) is 4.79 Å². The Morgan fingerprint density at radius 3 is 3.00 bits per heavy atom. The van der Waals surface area contributed by atoms with E-state index < -0.39 is 0 Å². The van der Waals surface area contributed by atoms with E-state index in [2.05, 4.69) is 29.7 Å². The molecule has 1 aromatic heterocycles. The molecule has 0 spiro atoms. The Morgan fingerprint density at radius 1 is 1.62 bits per heavy atom. The molecule has 2 N–H and O–H groups in total. The Balaban J connectivity index is 1.91. The summed E-state index contributed by atoms with van der Waals surface area (Å²) in [7, 11) is 0. The van der Waals surface area contributed by atoms with E-state index in [0.717, 1.165) is 19.4 Å². The molecule has 0 bridgehead atoms. The maximum Gasteiger partial charge on any atom is 0.237 e. The predicted molar refractivity (Wildman–Crippen MR) is 66.6 cm³/mol. The molecule has 16 heavy (non-hydrogen) atoms. The molecular weight excluding hydrogens is 220 g/mol. The molecule has 2 atom stereocenters. The molecule has 1 aliphatic rings. The molecule has 2 heterocycles. The molecule has 0 aromatic carbocycles. The summed E-state index contributed by atoms with van der Waals surface area (Å²) in [6.07, 6.45) is 2.06. The molecule has 88 valence electrons. The van der Waals surface area contributed by atoms with Crippen molar-refractivity contribution >= 4 is 17.2 Å². The highest BCUT2D eigenvalue weighted by Gasteiger charge is 2.23. The number of rotatable bonds is 3. The first kappa shape index (κ1) is 11.6. The highest BCUT2D eigenvalue weighted by atomic mass is 32.1. The molecule has 1 fully saturated rings. The molecule has 1 unspecified atom stereocenters. The summed E-state index contributed by atoms with van der Waals surface area (Å²) in [5.41, 5.74) is 0. The minimum atomic E-state index is 0.0171. The monoisotopic (exact) mass is 238 g/mol. The van der Waals surface area contributed by atoms with E-state index in [0.29, 0.717) is 0 Å². The number of amides is 1. The Morgan fingerprint density at radius 2 is 2.44 bits per heavy atom. The molecule has 1 aliphatic heterocycles. The van der Waals surface area contributed by atoms with Crippen molar-refractivity contribution in [2.24, 2.45) is 0 Å². The number of nitrogens with one attached hydrogen (secondary N) is 2. The Kier molecular flexibility index (Phi) is 3.61. The lowest BCUT2D eigenvalue weighted by Gasteiger charge is -2.16. The smallest absolute Gasteiger partial charge is 0.237 e. The zero-order valence-corrected chi connectivity index (χ0v) is 10.6. The fraction of sp³-hybridized carbons (Fsp3) is 0.583. The Hall–Kier alpha value is -0.870. The van der Waals surface area contributed by atoms with Gasteiger partial charge in [0.15, 0.2) is 0 Å². The fourth-order valence-electron chi connectivity index (χ4n) is 1.98. The molecular formula is C12H18N2OS. The van der Waals surface area contributed by atoms with E-state index in [1.54, 1.807) is 11.3 Å². The van der Waals surface area contributed by atoms with Crippen molar-refractivity contribution in [1.82, 2.24) is 10.6 Å². The van der Waals surface area contributed by atoms with E-state index in [1.165, 1.54) is 9.75 Å². The average molecular weight is 238 g/mol. The summed E-state index contributed by atoms with van der Waals surface area (Å²) in [6, 6.07) is 4.32. The van der Waals surface area contributed by atoms with Gasteiger partial charge in [-0.2, -0.15) is 0 Å². The largest absolute Gasteiger partial charge is 0.347 e. The number of carbonyl (C=O) groups excluding carboxylic acids is 1. The van der Waals surface area contributed by atoms with Crippen LogP contribution < -0.4 is 10.6 Å². The van der Waals surface area contributed by atoms with Crippen LogP contribution in [0.3, 0.4) is 0 Å². The van der Waals surface area contributed by atoms with Crippen molar-refractivity contribution in [3.63, 3.8) is 0 Å². The van der Waals surface area contributed by atoms with Crippen LogP contribution in [0.25, 0.3) is 0 Å². The molecule has 0 aliphatic carbocycles. The second-order valence-electron chi connectivity index (χ2n) is 4.33. The van der Waals surface area contributed by atoms with Crippen LogP contribution in [-0.4, -0.2) is 18.5 Å². The first-order chi connectivity index (χ1) is 7.66. The van der Waals surface area contributed by atoms with Crippen molar-refractivity contribution in [1.29, 1.82) is 0 Å². The van der Waals surface area contributed by atoms with Gasteiger partial charge in [-0.05, 0) is 45.4 Å². The van der Waals surface area contributed by atoms with E-state index >= 15 is 0 Å². The summed E-state index contributed by atoms with van der Waals surface area (Å²) in [6.45, 7) is 5.09. The summed E-state index contributed by atoms with van der Waals surface area (Å²) < 4.78 is 0. The molecule has 0 saturated carbocycles. The Labute approximate surface area is 100 Å². The minimum Gasteiger partial charge on any atom is -0.347 e. The van der Waals surface area contributed by atoms with Gasteiger partial charge in [0.25, 0.3) is 0 Å². The fourth-order valence-corrected chi connectivity index (χ4v) is 2.86. The SMILES string of the molecule is Cc1ccc(C(C)NC(=O)[C@H]2CCCN2)s1. The number of thiophene rings is 1. The number of hydrogen-bond donors (Lipinski definition) is 2. The van der Waals surface area contributed by atoms with E-state index in [-0.39, 0.29) is 18.0 Å². The minimum absolute atomic E-state index is 0.0171. The summed E-state index contributed by atoms with van der Waals surface area (Å²) >= 11 is 1.75. The number of aryl methyl sites for hydroxylation is 1. The molecule has 4 heteroatoms. The van der Waals surface area contributed by atoms with E-state index in [4.69, 9.17) is 0 Å². The third-order valence-corrected chi connectivity index (χ3v) is 4.11. The molecule has 2 rings (SSSR count). The maximum atomic E-state index is 11.9. The van der Waals surface area contributed by atoms with Gasteiger partial charge in [-0.1, -0.05) is 0 Å². The van der Waals surface area contributed by atoms with Gasteiger partial charge >= 0.3 is 0 Å². The second kappa shape index (κ2) is 4.97. The summed E-state index contributed by atoms with van der Waals surface area (Å²) in [5, 5.41) is 6.27. The van der Waals surface area contributed by atoms with Gasteiger partial charge in [0, 0.05) is 9.75 Å². The zero-order chi connectivity index (χ0) is 11.5. The third-order valence-electron chi connectivity index (χ3n) is 2.92. The van der Waals surface area contributed by atoms with E-state index in [1.807, 2.05) is 6.92 Å². The Bertz CT molecular complexity index is 369. The van der Waals surface area contributed by atoms with Gasteiger partial charge in [-0.25, -0.2) is 0 Å². The highest BCUT2D eigenvalue weighted by Crippen LogP contribution is 2.22. The zero-order valence-electron chi connectivity index (χ0n) is 9.75.